The van der Waals surface area contributed by atoms with Crippen molar-refractivity contribution in [2.24, 2.45) is 10.7 Å². The van der Waals surface area contributed by atoms with Gasteiger partial charge in [-0.2, -0.15) is 0 Å². The monoisotopic (exact) mass is 549 g/mol. The number of hydrogen-bond acceptors (Lipinski definition) is 5. The Labute approximate surface area is 240 Å². The minimum atomic E-state index is -0.382. The van der Waals surface area contributed by atoms with Crippen LogP contribution in [0.25, 0.3) is 10.8 Å². The molecule has 0 spiro atoms. The quantitative estimate of drug-likeness (QED) is 0.193. The number of hydrogen-bond donors (Lipinski definition) is 2. The van der Waals surface area contributed by atoms with Crippen molar-refractivity contribution in [3.05, 3.63) is 102 Å². The Hall–Kier alpha value is -4.85. The van der Waals surface area contributed by atoms with Gasteiger partial charge in [-0.1, -0.05) is 42.5 Å². The first-order valence-electron chi connectivity index (χ1n) is 13.8. The highest BCUT2D eigenvalue weighted by Gasteiger charge is 2.24. The summed E-state index contributed by atoms with van der Waals surface area (Å²) in [6.45, 7) is 5.88. The van der Waals surface area contributed by atoms with Gasteiger partial charge in [0, 0.05) is 24.2 Å². The van der Waals surface area contributed by atoms with Gasteiger partial charge in [0.05, 0.1) is 31.2 Å². The van der Waals surface area contributed by atoms with Crippen molar-refractivity contribution in [3.63, 3.8) is 0 Å². The van der Waals surface area contributed by atoms with Gasteiger partial charge >= 0.3 is 6.09 Å². The number of carbonyl (C=O) groups is 1. The maximum atomic E-state index is 12.7. The number of benzene rings is 4. The fraction of sp³-hybridized carbons (Fsp3) is 0.242. The highest BCUT2D eigenvalue weighted by atomic mass is 16.6. The van der Waals surface area contributed by atoms with Crippen LogP contribution in [-0.2, 0) is 11.3 Å². The highest BCUT2D eigenvalue weighted by molar-refractivity contribution is 6.02. The molecule has 1 saturated heterocycles. The summed E-state index contributed by atoms with van der Waals surface area (Å²) in [5.41, 5.74) is 9.72. The number of anilines is 1. The fourth-order valence-corrected chi connectivity index (χ4v) is 4.93. The van der Waals surface area contributed by atoms with E-state index in [1.807, 2.05) is 89.8 Å². The lowest BCUT2D eigenvalue weighted by Crippen LogP contribution is -2.31. The third-order valence-electron chi connectivity index (χ3n) is 7.11. The average Bonchev–Trinajstić information content (AvgIpc) is 3.46. The minimum absolute atomic E-state index is 0.0780. The van der Waals surface area contributed by atoms with Crippen molar-refractivity contribution in [1.29, 1.82) is 5.41 Å². The van der Waals surface area contributed by atoms with Crippen molar-refractivity contribution < 1.29 is 14.3 Å². The van der Waals surface area contributed by atoms with E-state index in [4.69, 9.17) is 20.6 Å². The second-order valence-electron chi connectivity index (χ2n) is 10.1. The number of carbonyl (C=O) groups excluding carboxylic acids is 1. The fourth-order valence-electron chi connectivity index (χ4n) is 4.93. The molecule has 1 unspecified atom stereocenters. The lowest BCUT2D eigenvalue weighted by atomic mass is 10.0. The Morgan fingerprint density at radius 1 is 1.02 bits per heavy atom. The van der Waals surface area contributed by atoms with Crippen LogP contribution in [0.1, 0.15) is 31.4 Å². The Balaban J connectivity index is 1.31. The normalized spacial score (nSPS) is 15.1. The van der Waals surface area contributed by atoms with Gasteiger partial charge in [0.25, 0.3) is 0 Å². The van der Waals surface area contributed by atoms with Crippen molar-refractivity contribution >= 4 is 39.9 Å². The number of amides is 1. The summed E-state index contributed by atoms with van der Waals surface area (Å²) in [5.74, 6) is 1.77. The number of rotatable bonds is 8. The Kier molecular flexibility index (Phi) is 8.48. The first kappa shape index (κ1) is 27.7. The van der Waals surface area contributed by atoms with Crippen molar-refractivity contribution in [2.75, 3.05) is 24.6 Å². The predicted molar refractivity (Wildman–Crippen MR) is 164 cm³/mol. The van der Waals surface area contributed by atoms with E-state index in [-0.39, 0.29) is 12.2 Å². The molecule has 210 valence electrons. The Morgan fingerprint density at radius 2 is 1.78 bits per heavy atom. The summed E-state index contributed by atoms with van der Waals surface area (Å²) < 4.78 is 11.4. The lowest BCUT2D eigenvalue weighted by molar-refractivity contribution is 0.159. The van der Waals surface area contributed by atoms with Gasteiger partial charge < -0.3 is 20.1 Å². The van der Waals surface area contributed by atoms with E-state index in [0.29, 0.717) is 24.8 Å². The summed E-state index contributed by atoms with van der Waals surface area (Å²) in [6, 6.07) is 29.2. The van der Waals surface area contributed by atoms with Crippen LogP contribution in [0.4, 0.5) is 16.2 Å². The number of nitrogens with two attached hydrogens (primary N) is 1. The molecule has 41 heavy (non-hydrogen) atoms. The third-order valence-corrected chi connectivity index (χ3v) is 7.11. The molecule has 0 aromatic heterocycles. The van der Waals surface area contributed by atoms with E-state index in [2.05, 4.69) is 11.1 Å². The number of ether oxygens (including phenoxy) is 2. The molecule has 5 rings (SSSR count). The van der Waals surface area contributed by atoms with Gasteiger partial charge in [-0.25, -0.2) is 9.79 Å². The van der Waals surface area contributed by atoms with Crippen LogP contribution >= 0.6 is 0 Å². The maximum absolute atomic E-state index is 12.7. The number of para-hydroxylation sites is 1. The van der Waals surface area contributed by atoms with E-state index in [0.717, 1.165) is 58.5 Å². The minimum Gasteiger partial charge on any atom is -0.489 e. The first-order valence-corrected chi connectivity index (χ1v) is 13.8. The average molecular weight is 550 g/mol. The van der Waals surface area contributed by atoms with Crippen molar-refractivity contribution in [3.8, 4) is 5.75 Å². The molecule has 1 heterocycles. The number of amidine groups is 2. The van der Waals surface area contributed by atoms with Gasteiger partial charge in [-0.3, -0.25) is 10.3 Å². The molecule has 0 saturated carbocycles. The third kappa shape index (κ3) is 6.84. The molecule has 0 aliphatic carbocycles. The molecule has 1 amide bonds. The molecule has 4 aromatic carbocycles. The zero-order chi connectivity index (χ0) is 28.8. The zero-order valence-corrected chi connectivity index (χ0v) is 23.4. The SMILES string of the molecule is CCOC(=O)N(Cc1ccc2ccc(C(N)=Nc3ccc(OC4CCN(C(C)=N)C4)cc3)cc2c1)c1ccccc1. The van der Waals surface area contributed by atoms with E-state index in [1.165, 1.54) is 0 Å². The number of nitrogens with zero attached hydrogens (tertiary/aromatic N) is 3. The van der Waals surface area contributed by atoms with Crippen LogP contribution in [0.3, 0.4) is 0 Å². The van der Waals surface area contributed by atoms with Crippen molar-refractivity contribution in [1.82, 2.24) is 4.90 Å². The van der Waals surface area contributed by atoms with Crippen molar-refractivity contribution in [2.45, 2.75) is 32.9 Å². The van der Waals surface area contributed by atoms with Crippen LogP contribution in [0.15, 0.2) is 96.0 Å². The number of likely N-dealkylation sites (tertiary alicyclic amines) is 1. The molecule has 1 fully saturated rings. The zero-order valence-electron chi connectivity index (χ0n) is 23.4. The number of fused-ring (bicyclic) bond motifs is 1. The molecule has 1 aliphatic heterocycles. The smallest absolute Gasteiger partial charge is 0.414 e. The first-order chi connectivity index (χ1) is 19.9. The van der Waals surface area contributed by atoms with E-state index >= 15 is 0 Å². The maximum Gasteiger partial charge on any atom is 0.414 e. The number of nitrogens with one attached hydrogen (secondary N) is 1. The Morgan fingerprint density at radius 3 is 2.49 bits per heavy atom. The molecule has 3 N–H and O–H groups in total. The Bertz CT molecular complexity index is 1550. The molecule has 0 radical (unpaired) electrons. The summed E-state index contributed by atoms with van der Waals surface area (Å²) in [5, 5.41) is 9.87. The molecule has 0 bridgehead atoms. The highest BCUT2D eigenvalue weighted by Crippen LogP contribution is 2.25. The van der Waals surface area contributed by atoms with Crippen LogP contribution < -0.4 is 15.4 Å². The largest absolute Gasteiger partial charge is 0.489 e. The summed E-state index contributed by atoms with van der Waals surface area (Å²) in [4.78, 5) is 21.0. The molecule has 4 aromatic rings. The predicted octanol–water partition coefficient (Wildman–Crippen LogP) is 6.49. The lowest BCUT2D eigenvalue weighted by Gasteiger charge is -2.22. The summed E-state index contributed by atoms with van der Waals surface area (Å²) >= 11 is 0. The van der Waals surface area contributed by atoms with Gasteiger partial charge in [0.2, 0.25) is 0 Å². The van der Waals surface area contributed by atoms with Gasteiger partial charge in [0.15, 0.2) is 0 Å². The van der Waals surface area contributed by atoms with Crippen LogP contribution in [0.2, 0.25) is 0 Å². The van der Waals surface area contributed by atoms with E-state index in [9.17, 15) is 4.79 Å². The second kappa shape index (κ2) is 12.6. The van der Waals surface area contributed by atoms with Crippen LogP contribution in [0.5, 0.6) is 5.75 Å². The number of aliphatic imine (C=N–C) groups is 1. The summed E-state index contributed by atoms with van der Waals surface area (Å²) in [6.07, 6.45) is 0.598. The topological polar surface area (TPSA) is 104 Å². The van der Waals surface area contributed by atoms with Gasteiger partial charge in [-0.05, 0) is 78.7 Å². The van der Waals surface area contributed by atoms with Crippen LogP contribution in [0, 0.1) is 5.41 Å². The van der Waals surface area contributed by atoms with Crippen LogP contribution in [-0.4, -0.2) is 48.5 Å². The second-order valence-corrected chi connectivity index (χ2v) is 10.1. The molecule has 8 nitrogen and oxygen atoms in total. The molecular formula is C33H35N5O3. The van der Waals surface area contributed by atoms with Gasteiger partial charge in [-0.15, -0.1) is 0 Å². The molecule has 8 heteroatoms. The van der Waals surface area contributed by atoms with Gasteiger partial charge in [0.1, 0.15) is 17.7 Å². The van der Waals surface area contributed by atoms with E-state index < -0.39 is 0 Å². The molecule has 1 aliphatic rings. The molecular weight excluding hydrogens is 514 g/mol. The standard InChI is InChI=1S/C33H35N5O3/c1-3-40-33(39)38(29-7-5-4-6-8-29)21-24-9-10-25-11-12-26(20-27(25)19-24)32(35)36-28-13-15-30(16-14-28)41-31-17-18-37(22-31)23(2)34/h4-16,19-20,31,34H,3,17-18,21-22H2,1-2H3,(H2,35,36). The molecule has 1 atom stereocenters. The van der Waals surface area contributed by atoms with E-state index in [1.54, 1.807) is 18.7 Å². The summed E-state index contributed by atoms with van der Waals surface area (Å²) in [7, 11) is 0.